The zero-order valence-electron chi connectivity index (χ0n) is 19.5. The van der Waals surface area contributed by atoms with Crippen molar-refractivity contribution in [1.29, 1.82) is 0 Å². The molecule has 2 aromatic carbocycles. The zero-order valence-corrected chi connectivity index (χ0v) is 18.5. The van der Waals surface area contributed by atoms with E-state index in [1.165, 1.54) is 0 Å². The maximum atomic E-state index is 10.8. The second-order valence-electron chi connectivity index (χ2n) is 8.46. The van der Waals surface area contributed by atoms with Crippen LogP contribution in [0.4, 0.5) is 5.69 Å². The molecule has 1 fully saturated rings. The molecule has 1 aromatic heterocycles. The standard InChI is InChI=1S/C26H30N2O4/c1-19(2)28(23-11-9-21(10-12-23)24-8-5-13-31-24)16-22-6-3-4-7-25(22)32-18-20-14-27(15-20)17-26(29)30/h3-13,19-20H,14-18H2,1-2H3,(H,29,30)/i16D. The average molecular weight is 436 g/mol. The normalized spacial score (nSPS) is 15.8. The Bertz CT molecular complexity index is 1050. The van der Waals surface area contributed by atoms with Gasteiger partial charge >= 0.3 is 5.97 Å². The Morgan fingerprint density at radius 2 is 1.94 bits per heavy atom. The third kappa shape index (κ3) is 5.32. The molecule has 0 bridgehead atoms. The quantitative estimate of drug-likeness (QED) is 0.495. The predicted molar refractivity (Wildman–Crippen MR) is 125 cm³/mol. The van der Waals surface area contributed by atoms with Crippen LogP contribution in [0.1, 0.15) is 20.8 Å². The average Bonchev–Trinajstić information content (AvgIpc) is 3.30. The van der Waals surface area contributed by atoms with Crippen molar-refractivity contribution in [2.75, 3.05) is 31.1 Å². The number of nitrogens with zero attached hydrogens (tertiary/aromatic N) is 2. The van der Waals surface area contributed by atoms with E-state index in [4.69, 9.17) is 15.6 Å². The number of likely N-dealkylation sites (tertiary alicyclic amines) is 1. The summed E-state index contributed by atoms with van der Waals surface area (Å²) in [5, 5.41) is 8.89. The molecule has 1 saturated heterocycles. The first-order chi connectivity index (χ1) is 15.9. The largest absolute Gasteiger partial charge is 0.493 e. The van der Waals surface area contributed by atoms with E-state index >= 15 is 0 Å². The second-order valence-corrected chi connectivity index (χ2v) is 8.46. The summed E-state index contributed by atoms with van der Waals surface area (Å²) in [4.78, 5) is 14.8. The van der Waals surface area contributed by atoms with Gasteiger partial charge in [0.1, 0.15) is 11.5 Å². The lowest BCUT2D eigenvalue weighted by Crippen LogP contribution is -2.50. The van der Waals surface area contributed by atoms with Crippen LogP contribution >= 0.6 is 0 Å². The van der Waals surface area contributed by atoms with E-state index in [1.54, 1.807) is 6.26 Å². The van der Waals surface area contributed by atoms with Crippen LogP contribution in [0.15, 0.2) is 71.3 Å². The molecule has 1 unspecified atom stereocenters. The van der Waals surface area contributed by atoms with E-state index in [1.807, 2.05) is 65.6 Å². The highest BCUT2D eigenvalue weighted by Gasteiger charge is 2.28. The molecule has 0 amide bonds. The number of anilines is 1. The number of ether oxygens (including phenoxy) is 1. The first-order valence-corrected chi connectivity index (χ1v) is 10.9. The van der Waals surface area contributed by atoms with Crippen LogP contribution < -0.4 is 9.64 Å². The van der Waals surface area contributed by atoms with Gasteiger partial charge in [0.05, 0.1) is 20.8 Å². The Balaban J connectivity index is 1.46. The van der Waals surface area contributed by atoms with Crippen LogP contribution in [0.2, 0.25) is 0 Å². The first-order valence-electron chi connectivity index (χ1n) is 11.5. The van der Waals surface area contributed by atoms with Crippen molar-refractivity contribution in [3.8, 4) is 17.1 Å². The number of carboxylic acid groups (broad SMARTS) is 1. The Labute approximate surface area is 190 Å². The molecule has 6 heteroatoms. The summed E-state index contributed by atoms with van der Waals surface area (Å²) in [7, 11) is 0. The number of para-hydroxylation sites is 1. The van der Waals surface area contributed by atoms with Crippen molar-refractivity contribution in [3.05, 3.63) is 72.5 Å². The summed E-state index contributed by atoms with van der Waals surface area (Å²) >= 11 is 0. The highest BCUT2D eigenvalue weighted by atomic mass is 16.5. The Hall–Kier alpha value is -3.25. The molecule has 1 N–H and O–H groups in total. The van der Waals surface area contributed by atoms with Crippen molar-refractivity contribution < 1.29 is 20.4 Å². The maximum Gasteiger partial charge on any atom is 0.317 e. The fraction of sp³-hybridized carbons (Fsp3) is 0.346. The maximum absolute atomic E-state index is 10.8. The number of furan rings is 1. The van der Waals surface area contributed by atoms with Gasteiger partial charge in [0.25, 0.3) is 0 Å². The lowest BCUT2D eigenvalue weighted by molar-refractivity contribution is -0.140. The van der Waals surface area contributed by atoms with Crippen LogP contribution in [0, 0.1) is 5.92 Å². The number of aliphatic carboxylic acids is 1. The number of rotatable bonds is 10. The molecule has 3 aromatic rings. The molecule has 1 atom stereocenters. The highest BCUT2D eigenvalue weighted by molar-refractivity contribution is 5.69. The van der Waals surface area contributed by atoms with Gasteiger partial charge in [-0.3, -0.25) is 9.69 Å². The minimum Gasteiger partial charge on any atom is -0.493 e. The van der Waals surface area contributed by atoms with Crippen molar-refractivity contribution in [1.82, 2.24) is 4.90 Å². The van der Waals surface area contributed by atoms with Crippen LogP contribution in [0.5, 0.6) is 5.75 Å². The van der Waals surface area contributed by atoms with E-state index in [0.29, 0.717) is 18.3 Å². The van der Waals surface area contributed by atoms with Gasteiger partial charge in [-0.15, -0.1) is 0 Å². The van der Waals surface area contributed by atoms with E-state index in [2.05, 4.69) is 18.7 Å². The number of carbonyl (C=O) groups is 1. The second kappa shape index (κ2) is 9.92. The Morgan fingerprint density at radius 3 is 2.59 bits per heavy atom. The molecule has 0 saturated carbocycles. The summed E-state index contributed by atoms with van der Waals surface area (Å²) in [6, 6.07) is 19.7. The molecule has 1 aliphatic heterocycles. The van der Waals surface area contributed by atoms with Crippen LogP contribution in [0.3, 0.4) is 0 Å². The monoisotopic (exact) mass is 435 g/mol. The van der Waals surface area contributed by atoms with Crippen molar-refractivity contribution >= 4 is 11.7 Å². The molecule has 0 spiro atoms. The van der Waals surface area contributed by atoms with E-state index in [9.17, 15) is 4.79 Å². The zero-order chi connectivity index (χ0) is 23.4. The number of carboxylic acids is 1. The molecular formula is C26H30N2O4. The van der Waals surface area contributed by atoms with Gasteiger partial charge in [0.15, 0.2) is 0 Å². The van der Waals surface area contributed by atoms with Gasteiger partial charge < -0.3 is 19.2 Å². The minimum atomic E-state index is -0.803. The van der Waals surface area contributed by atoms with Crippen LogP contribution in [-0.2, 0) is 11.3 Å². The molecule has 6 nitrogen and oxygen atoms in total. The highest BCUT2D eigenvalue weighted by Crippen LogP contribution is 2.28. The fourth-order valence-electron chi connectivity index (χ4n) is 3.94. The Kier molecular flexibility index (Phi) is 6.40. The number of hydrogen-bond donors (Lipinski definition) is 1. The smallest absolute Gasteiger partial charge is 0.317 e. The van der Waals surface area contributed by atoms with Gasteiger partial charge in [-0.25, -0.2) is 0 Å². The fourth-order valence-corrected chi connectivity index (χ4v) is 3.94. The minimum absolute atomic E-state index is 0.0734. The summed E-state index contributed by atoms with van der Waals surface area (Å²) < 4.78 is 20.7. The van der Waals surface area contributed by atoms with Crippen LogP contribution in [0.25, 0.3) is 11.3 Å². The Morgan fingerprint density at radius 1 is 1.19 bits per heavy atom. The van der Waals surface area contributed by atoms with Gasteiger partial charge in [-0.05, 0) is 56.3 Å². The molecule has 0 aliphatic carbocycles. The summed E-state index contributed by atoms with van der Waals surface area (Å²) in [6.45, 7) is 5.55. The van der Waals surface area contributed by atoms with Crippen molar-refractivity contribution in [3.63, 3.8) is 0 Å². The topological polar surface area (TPSA) is 66.2 Å². The molecule has 32 heavy (non-hydrogen) atoms. The van der Waals surface area contributed by atoms with Gasteiger partial charge in [0.2, 0.25) is 0 Å². The third-order valence-corrected chi connectivity index (χ3v) is 5.59. The lowest BCUT2D eigenvalue weighted by Gasteiger charge is -2.38. The number of benzene rings is 2. The molecule has 168 valence electrons. The lowest BCUT2D eigenvalue weighted by atomic mass is 10.0. The molecule has 1 aliphatic rings. The van der Waals surface area contributed by atoms with Gasteiger partial charge in [-0.1, -0.05) is 18.2 Å². The van der Waals surface area contributed by atoms with E-state index in [0.717, 1.165) is 35.7 Å². The third-order valence-electron chi connectivity index (χ3n) is 5.59. The summed E-state index contributed by atoms with van der Waals surface area (Å²) in [5.74, 6) is 1.02. The van der Waals surface area contributed by atoms with E-state index < -0.39 is 12.5 Å². The van der Waals surface area contributed by atoms with Crippen molar-refractivity contribution in [2.24, 2.45) is 5.92 Å². The van der Waals surface area contributed by atoms with Crippen molar-refractivity contribution in [2.45, 2.75) is 26.4 Å². The summed E-state index contributed by atoms with van der Waals surface area (Å²) in [5.41, 5.74) is 2.76. The van der Waals surface area contributed by atoms with Crippen LogP contribution in [-0.4, -0.2) is 48.3 Å². The number of hydrogen-bond acceptors (Lipinski definition) is 5. The molecular weight excluding hydrogens is 404 g/mol. The molecule has 0 radical (unpaired) electrons. The van der Waals surface area contributed by atoms with Gasteiger partial charge in [-0.2, -0.15) is 0 Å². The van der Waals surface area contributed by atoms with E-state index in [-0.39, 0.29) is 12.6 Å². The predicted octanol–water partition coefficient (Wildman–Crippen LogP) is 4.76. The molecule has 4 rings (SSSR count). The molecule has 2 heterocycles. The SMILES string of the molecule is [2H]C(c1ccccc1OCC1CN(CC(=O)O)C1)N(c1ccc(-c2ccco2)cc1)C(C)C. The first kappa shape index (κ1) is 20.6. The summed E-state index contributed by atoms with van der Waals surface area (Å²) in [6.07, 6.45) is 1.66. The van der Waals surface area contributed by atoms with Gasteiger partial charge in [0, 0.05) is 48.4 Å².